The van der Waals surface area contributed by atoms with Gasteiger partial charge in [-0.1, -0.05) is 24.6 Å². The van der Waals surface area contributed by atoms with Crippen LogP contribution in [0.25, 0.3) is 0 Å². The Hall–Kier alpha value is -1.10. The van der Waals surface area contributed by atoms with E-state index in [1.165, 1.54) is 19.3 Å². The zero-order chi connectivity index (χ0) is 15.2. The van der Waals surface area contributed by atoms with E-state index in [1.807, 2.05) is 31.2 Å². The van der Waals surface area contributed by atoms with Gasteiger partial charge in [-0.15, -0.1) is 0 Å². The maximum Gasteiger partial charge on any atom is 0.122 e. The molecule has 0 aliphatic carbocycles. The first kappa shape index (κ1) is 16.3. The van der Waals surface area contributed by atoms with Crippen molar-refractivity contribution in [2.45, 2.75) is 58.2 Å². The van der Waals surface area contributed by atoms with Gasteiger partial charge < -0.3 is 9.84 Å². The predicted octanol–water partition coefficient (Wildman–Crippen LogP) is 2.50. The van der Waals surface area contributed by atoms with Gasteiger partial charge in [0.15, 0.2) is 0 Å². The molecule has 3 atom stereocenters. The van der Waals surface area contributed by atoms with Gasteiger partial charge in [0.1, 0.15) is 18.5 Å². The van der Waals surface area contributed by atoms with Crippen molar-refractivity contribution in [3.05, 3.63) is 29.8 Å². The largest absolute Gasteiger partial charge is 0.491 e. The number of hydrogen-bond donors (Lipinski definition) is 2. The van der Waals surface area contributed by atoms with Crippen LogP contribution in [-0.4, -0.2) is 41.5 Å². The fraction of sp³-hybridized carbons (Fsp3) is 0.647. The quantitative estimate of drug-likeness (QED) is 0.845. The van der Waals surface area contributed by atoms with E-state index in [2.05, 4.69) is 24.3 Å². The molecule has 1 aliphatic rings. The van der Waals surface area contributed by atoms with Gasteiger partial charge in [-0.2, -0.15) is 0 Å². The molecular formula is C17H28N2O2. The summed E-state index contributed by atoms with van der Waals surface area (Å²) in [5, 5.41) is 12.4. The number of hydrazine groups is 1. The van der Waals surface area contributed by atoms with E-state index >= 15 is 0 Å². The molecule has 4 heteroatoms. The Labute approximate surface area is 128 Å². The van der Waals surface area contributed by atoms with E-state index in [9.17, 15) is 5.11 Å². The minimum Gasteiger partial charge on any atom is -0.491 e. The molecule has 0 spiro atoms. The number of rotatable bonds is 6. The summed E-state index contributed by atoms with van der Waals surface area (Å²) in [6.45, 7) is 7.32. The van der Waals surface area contributed by atoms with Crippen molar-refractivity contribution < 1.29 is 9.84 Å². The van der Waals surface area contributed by atoms with Gasteiger partial charge in [-0.25, -0.2) is 5.01 Å². The van der Waals surface area contributed by atoms with Crippen molar-refractivity contribution >= 4 is 0 Å². The molecule has 0 amide bonds. The third-order valence-electron chi connectivity index (χ3n) is 4.23. The lowest BCUT2D eigenvalue weighted by molar-refractivity contribution is 0.0170. The Morgan fingerprint density at radius 3 is 2.62 bits per heavy atom. The fourth-order valence-corrected chi connectivity index (χ4v) is 2.91. The number of aliphatic hydroxyl groups excluding tert-OH is 1. The van der Waals surface area contributed by atoms with Gasteiger partial charge in [0.05, 0.1) is 0 Å². The first-order valence-electron chi connectivity index (χ1n) is 7.96. The van der Waals surface area contributed by atoms with Gasteiger partial charge in [-0.05, 0) is 45.2 Å². The van der Waals surface area contributed by atoms with Gasteiger partial charge in [0, 0.05) is 18.6 Å². The van der Waals surface area contributed by atoms with Crippen LogP contribution >= 0.6 is 0 Å². The van der Waals surface area contributed by atoms with Crippen molar-refractivity contribution in [1.29, 1.82) is 0 Å². The molecule has 0 saturated carbocycles. The lowest BCUT2D eigenvalue weighted by Gasteiger charge is -2.39. The highest BCUT2D eigenvalue weighted by atomic mass is 16.5. The highest BCUT2D eigenvalue weighted by molar-refractivity contribution is 5.31. The maximum absolute atomic E-state index is 10.1. The van der Waals surface area contributed by atoms with Gasteiger partial charge >= 0.3 is 0 Å². The highest BCUT2D eigenvalue weighted by Crippen LogP contribution is 2.20. The molecule has 1 fully saturated rings. The Bertz CT molecular complexity index is 429. The van der Waals surface area contributed by atoms with E-state index < -0.39 is 6.10 Å². The minimum atomic E-state index is -0.508. The molecule has 118 valence electrons. The number of para-hydroxylation sites is 1. The molecule has 0 radical (unpaired) electrons. The molecule has 1 aromatic rings. The molecule has 21 heavy (non-hydrogen) atoms. The second-order valence-corrected chi connectivity index (χ2v) is 6.13. The Balaban J connectivity index is 1.74. The molecule has 2 N–H and O–H groups in total. The maximum atomic E-state index is 10.1. The number of piperidine rings is 1. The van der Waals surface area contributed by atoms with Crippen LogP contribution in [0.2, 0.25) is 0 Å². The zero-order valence-electron chi connectivity index (χ0n) is 13.4. The average Bonchev–Trinajstić information content (AvgIpc) is 2.46. The second kappa shape index (κ2) is 7.78. The van der Waals surface area contributed by atoms with Crippen LogP contribution in [0.15, 0.2) is 24.3 Å². The number of nitrogens with zero attached hydrogens (tertiary/aromatic N) is 1. The number of benzene rings is 1. The normalized spacial score (nSPS) is 24.8. The zero-order valence-corrected chi connectivity index (χ0v) is 13.4. The second-order valence-electron chi connectivity index (χ2n) is 6.13. The lowest BCUT2D eigenvalue weighted by atomic mass is 10.00. The van der Waals surface area contributed by atoms with Crippen LogP contribution in [0, 0.1) is 6.92 Å². The summed E-state index contributed by atoms with van der Waals surface area (Å²) in [6, 6.07) is 8.93. The Morgan fingerprint density at radius 2 is 1.95 bits per heavy atom. The third kappa shape index (κ3) is 4.70. The molecule has 1 saturated heterocycles. The Morgan fingerprint density at radius 1 is 1.29 bits per heavy atom. The van der Waals surface area contributed by atoms with Crippen LogP contribution in [0.4, 0.5) is 0 Å². The van der Waals surface area contributed by atoms with Crippen molar-refractivity contribution in [2.24, 2.45) is 0 Å². The van der Waals surface area contributed by atoms with Crippen molar-refractivity contribution in [3.8, 4) is 5.75 Å². The number of nitrogens with one attached hydrogen (secondary N) is 1. The van der Waals surface area contributed by atoms with Crippen molar-refractivity contribution in [1.82, 2.24) is 10.4 Å². The minimum absolute atomic E-state index is 0.314. The molecule has 2 rings (SSSR count). The summed E-state index contributed by atoms with van der Waals surface area (Å²) < 4.78 is 5.68. The molecule has 0 bridgehead atoms. The fourth-order valence-electron chi connectivity index (χ4n) is 2.91. The summed E-state index contributed by atoms with van der Waals surface area (Å²) in [6.07, 6.45) is 3.21. The van der Waals surface area contributed by atoms with Crippen LogP contribution in [-0.2, 0) is 0 Å². The predicted molar refractivity (Wildman–Crippen MR) is 85.3 cm³/mol. The van der Waals surface area contributed by atoms with E-state index in [0.717, 1.165) is 11.3 Å². The van der Waals surface area contributed by atoms with Gasteiger partial charge in [0.2, 0.25) is 0 Å². The van der Waals surface area contributed by atoms with Crippen LogP contribution < -0.4 is 10.2 Å². The monoisotopic (exact) mass is 292 g/mol. The highest BCUT2D eigenvalue weighted by Gasteiger charge is 2.24. The molecule has 1 heterocycles. The SMILES string of the molecule is Cc1ccccc1OCC(O)CNN1C(C)CCCC1C. The third-order valence-corrected chi connectivity index (χ3v) is 4.23. The number of aryl methyl sites for hydroxylation is 1. The van der Waals surface area contributed by atoms with Crippen LogP contribution in [0.1, 0.15) is 38.7 Å². The molecule has 4 nitrogen and oxygen atoms in total. The summed E-state index contributed by atoms with van der Waals surface area (Å²) in [4.78, 5) is 0. The molecule has 1 aliphatic heterocycles. The summed E-state index contributed by atoms with van der Waals surface area (Å²) in [5.41, 5.74) is 4.47. The smallest absolute Gasteiger partial charge is 0.122 e. The Kier molecular flexibility index (Phi) is 6.03. The van der Waals surface area contributed by atoms with Crippen molar-refractivity contribution in [3.63, 3.8) is 0 Å². The van der Waals surface area contributed by atoms with E-state index in [1.54, 1.807) is 0 Å². The molecule has 0 aromatic heterocycles. The number of aliphatic hydroxyl groups is 1. The molecule has 1 aromatic carbocycles. The van der Waals surface area contributed by atoms with Crippen LogP contribution in [0.5, 0.6) is 5.75 Å². The molecular weight excluding hydrogens is 264 g/mol. The number of hydrogen-bond acceptors (Lipinski definition) is 4. The van der Waals surface area contributed by atoms with E-state index in [0.29, 0.717) is 25.2 Å². The van der Waals surface area contributed by atoms with Crippen molar-refractivity contribution in [2.75, 3.05) is 13.2 Å². The summed E-state index contributed by atoms with van der Waals surface area (Å²) >= 11 is 0. The first-order chi connectivity index (χ1) is 10.1. The molecule has 3 unspecified atom stereocenters. The van der Waals surface area contributed by atoms with E-state index in [4.69, 9.17) is 4.74 Å². The standard InChI is InChI=1S/C17H28N2O2/c1-13-7-4-5-10-17(13)21-12-16(20)11-18-19-14(2)8-6-9-15(19)3/h4-5,7,10,14-16,18,20H,6,8-9,11-12H2,1-3H3. The average molecular weight is 292 g/mol. The van der Waals surface area contributed by atoms with Gasteiger partial charge in [0.25, 0.3) is 0 Å². The summed E-state index contributed by atoms with van der Waals surface area (Å²) in [5.74, 6) is 0.844. The summed E-state index contributed by atoms with van der Waals surface area (Å²) in [7, 11) is 0. The number of ether oxygens (including phenoxy) is 1. The lowest BCUT2D eigenvalue weighted by Crippen LogP contribution is -2.54. The van der Waals surface area contributed by atoms with E-state index in [-0.39, 0.29) is 0 Å². The first-order valence-corrected chi connectivity index (χ1v) is 7.96. The topological polar surface area (TPSA) is 44.7 Å². The van der Waals surface area contributed by atoms with Crippen LogP contribution in [0.3, 0.4) is 0 Å². The van der Waals surface area contributed by atoms with Gasteiger partial charge in [-0.3, -0.25) is 5.43 Å².